The molecule has 1 fully saturated rings. The maximum Gasteiger partial charge on any atom is 0.127 e. The molecule has 0 spiro atoms. The molecule has 4 heteroatoms. The first-order valence-corrected chi connectivity index (χ1v) is 7.35. The van der Waals surface area contributed by atoms with Crippen molar-refractivity contribution in [3.8, 4) is 0 Å². The Kier molecular flexibility index (Phi) is 5.20. The van der Waals surface area contributed by atoms with Gasteiger partial charge in [0.2, 0.25) is 0 Å². The fourth-order valence-corrected chi connectivity index (χ4v) is 2.78. The Hall–Kier alpha value is -0.640. The number of nitrogens with zero attached hydrogens (tertiary/aromatic N) is 1. The van der Waals surface area contributed by atoms with Crippen molar-refractivity contribution in [1.29, 1.82) is 0 Å². The molecule has 0 aromatic heterocycles. The lowest BCUT2D eigenvalue weighted by Crippen LogP contribution is -2.39. The zero-order chi connectivity index (χ0) is 13.8. The molecule has 0 bridgehead atoms. The second kappa shape index (κ2) is 6.69. The van der Waals surface area contributed by atoms with Crippen LogP contribution in [0, 0.1) is 5.82 Å². The molecule has 19 heavy (non-hydrogen) atoms. The fraction of sp³-hybridized carbons (Fsp3) is 0.600. The van der Waals surface area contributed by atoms with E-state index in [9.17, 15) is 4.39 Å². The van der Waals surface area contributed by atoms with Gasteiger partial charge in [0.25, 0.3) is 0 Å². The third-order valence-corrected chi connectivity index (χ3v) is 3.88. The molecule has 106 valence electrons. The fourth-order valence-electron chi connectivity index (χ4n) is 2.59. The summed E-state index contributed by atoms with van der Waals surface area (Å²) < 4.78 is 13.8. The molecule has 0 saturated carbocycles. The van der Waals surface area contributed by atoms with Gasteiger partial charge in [0.05, 0.1) is 0 Å². The lowest BCUT2D eigenvalue weighted by Gasteiger charge is -2.26. The van der Waals surface area contributed by atoms with E-state index in [-0.39, 0.29) is 5.82 Å². The second-order valence-corrected chi connectivity index (χ2v) is 6.00. The van der Waals surface area contributed by atoms with Crippen LogP contribution in [0.3, 0.4) is 0 Å². The van der Waals surface area contributed by atoms with Crippen molar-refractivity contribution >= 4 is 11.6 Å². The molecule has 1 aromatic rings. The van der Waals surface area contributed by atoms with E-state index in [2.05, 4.69) is 24.1 Å². The highest BCUT2D eigenvalue weighted by atomic mass is 35.5. The van der Waals surface area contributed by atoms with E-state index in [1.807, 2.05) is 0 Å². The maximum atomic E-state index is 13.8. The molecule has 1 unspecified atom stereocenters. The average molecular weight is 285 g/mol. The molecule has 1 aliphatic heterocycles. The Morgan fingerprint density at radius 1 is 1.47 bits per heavy atom. The van der Waals surface area contributed by atoms with Crippen LogP contribution >= 0.6 is 11.6 Å². The zero-order valence-corrected chi connectivity index (χ0v) is 12.4. The maximum absolute atomic E-state index is 13.8. The quantitative estimate of drug-likeness (QED) is 0.891. The summed E-state index contributed by atoms with van der Waals surface area (Å²) in [6, 6.07) is 5.78. The van der Waals surface area contributed by atoms with Crippen molar-refractivity contribution in [2.24, 2.45) is 0 Å². The molecule has 1 heterocycles. The van der Waals surface area contributed by atoms with Crippen molar-refractivity contribution < 1.29 is 4.39 Å². The highest BCUT2D eigenvalue weighted by Gasteiger charge is 2.25. The van der Waals surface area contributed by atoms with Gasteiger partial charge in [-0.25, -0.2) is 4.39 Å². The van der Waals surface area contributed by atoms with Crippen molar-refractivity contribution in [1.82, 2.24) is 10.2 Å². The van der Waals surface area contributed by atoms with Crippen molar-refractivity contribution in [2.45, 2.75) is 45.3 Å². The molecular formula is C15H22ClFN2. The molecule has 2 rings (SSSR count). The molecular weight excluding hydrogens is 263 g/mol. The van der Waals surface area contributed by atoms with Gasteiger partial charge in [-0.05, 0) is 37.6 Å². The summed E-state index contributed by atoms with van der Waals surface area (Å²) in [5, 5.41) is 4.07. The van der Waals surface area contributed by atoms with E-state index in [1.165, 1.54) is 18.9 Å². The average Bonchev–Trinajstić information content (AvgIpc) is 2.79. The summed E-state index contributed by atoms with van der Waals surface area (Å²) in [4.78, 5) is 2.35. The van der Waals surface area contributed by atoms with E-state index >= 15 is 0 Å². The minimum atomic E-state index is -0.160. The smallest absolute Gasteiger partial charge is 0.127 e. The molecule has 1 aliphatic rings. The van der Waals surface area contributed by atoms with Gasteiger partial charge in [-0.1, -0.05) is 25.4 Å². The van der Waals surface area contributed by atoms with Gasteiger partial charge in [-0.15, -0.1) is 0 Å². The highest BCUT2D eigenvalue weighted by Crippen LogP contribution is 2.22. The minimum Gasteiger partial charge on any atom is -0.313 e. The summed E-state index contributed by atoms with van der Waals surface area (Å²) in [6.45, 7) is 6.96. The number of halogens is 2. The summed E-state index contributed by atoms with van der Waals surface area (Å²) in [5.74, 6) is -0.160. The van der Waals surface area contributed by atoms with E-state index in [0.29, 0.717) is 29.2 Å². The lowest BCUT2D eigenvalue weighted by molar-refractivity contribution is 0.233. The van der Waals surface area contributed by atoms with E-state index in [4.69, 9.17) is 11.6 Å². The van der Waals surface area contributed by atoms with Crippen LogP contribution in [0.5, 0.6) is 0 Å². The van der Waals surface area contributed by atoms with Gasteiger partial charge in [0.1, 0.15) is 5.82 Å². The van der Waals surface area contributed by atoms with Crippen LogP contribution in [0.1, 0.15) is 32.3 Å². The topological polar surface area (TPSA) is 15.3 Å². The first kappa shape index (κ1) is 14.8. The number of hydrogen-bond acceptors (Lipinski definition) is 2. The zero-order valence-electron chi connectivity index (χ0n) is 11.6. The molecule has 0 aliphatic carbocycles. The van der Waals surface area contributed by atoms with E-state index in [1.54, 1.807) is 12.1 Å². The summed E-state index contributed by atoms with van der Waals surface area (Å²) >= 11 is 5.94. The number of hydrogen-bond donors (Lipinski definition) is 1. The largest absolute Gasteiger partial charge is 0.313 e. The SMILES string of the molecule is CC(C)NCC1CCCN1Cc1cc(Cl)ccc1F. The monoisotopic (exact) mass is 284 g/mol. The second-order valence-electron chi connectivity index (χ2n) is 5.57. The van der Waals surface area contributed by atoms with Crippen LogP contribution in [0.4, 0.5) is 4.39 Å². The third kappa shape index (κ3) is 4.16. The van der Waals surface area contributed by atoms with Gasteiger partial charge in [0.15, 0.2) is 0 Å². The Balaban J connectivity index is 1.98. The Morgan fingerprint density at radius 3 is 3.00 bits per heavy atom. The lowest BCUT2D eigenvalue weighted by atomic mass is 10.1. The van der Waals surface area contributed by atoms with Crippen LogP contribution < -0.4 is 5.32 Å². The summed E-state index contributed by atoms with van der Waals surface area (Å²) in [6.07, 6.45) is 2.37. The van der Waals surface area contributed by atoms with Crippen molar-refractivity contribution in [2.75, 3.05) is 13.1 Å². The first-order valence-electron chi connectivity index (χ1n) is 6.97. The van der Waals surface area contributed by atoms with Gasteiger partial charge < -0.3 is 5.32 Å². The molecule has 1 N–H and O–H groups in total. The Morgan fingerprint density at radius 2 is 2.26 bits per heavy atom. The van der Waals surface area contributed by atoms with Crippen LogP contribution in [0.15, 0.2) is 18.2 Å². The molecule has 1 atom stereocenters. The van der Waals surface area contributed by atoms with Crippen LogP contribution in [-0.2, 0) is 6.54 Å². The van der Waals surface area contributed by atoms with Crippen LogP contribution in [0.25, 0.3) is 0 Å². The van der Waals surface area contributed by atoms with E-state index in [0.717, 1.165) is 13.1 Å². The molecule has 1 saturated heterocycles. The predicted octanol–water partition coefficient (Wildman–Crippen LogP) is 3.44. The van der Waals surface area contributed by atoms with Gasteiger partial charge in [0, 0.05) is 35.8 Å². The van der Waals surface area contributed by atoms with Crippen molar-refractivity contribution in [3.05, 3.63) is 34.6 Å². The van der Waals surface area contributed by atoms with Gasteiger partial charge in [-0.2, -0.15) is 0 Å². The summed E-state index contributed by atoms with van der Waals surface area (Å²) in [5.41, 5.74) is 0.698. The number of benzene rings is 1. The van der Waals surface area contributed by atoms with Crippen LogP contribution in [-0.4, -0.2) is 30.1 Å². The summed E-state index contributed by atoms with van der Waals surface area (Å²) in [7, 11) is 0. The van der Waals surface area contributed by atoms with Crippen LogP contribution in [0.2, 0.25) is 5.02 Å². The number of nitrogens with one attached hydrogen (secondary N) is 1. The van der Waals surface area contributed by atoms with Gasteiger partial charge in [-0.3, -0.25) is 4.90 Å². The first-order chi connectivity index (χ1) is 9.06. The van der Waals surface area contributed by atoms with Crippen molar-refractivity contribution in [3.63, 3.8) is 0 Å². The number of likely N-dealkylation sites (tertiary alicyclic amines) is 1. The molecule has 1 aromatic carbocycles. The minimum absolute atomic E-state index is 0.160. The predicted molar refractivity (Wildman–Crippen MR) is 78.0 cm³/mol. The standard InChI is InChI=1S/C15H22ClFN2/c1-11(2)18-9-14-4-3-7-19(14)10-12-8-13(16)5-6-15(12)17/h5-6,8,11,14,18H,3-4,7,9-10H2,1-2H3. The molecule has 0 radical (unpaired) electrons. The normalized spacial score (nSPS) is 20.4. The number of rotatable bonds is 5. The molecule has 2 nitrogen and oxygen atoms in total. The molecule has 0 amide bonds. The Labute approximate surface area is 119 Å². The van der Waals surface area contributed by atoms with E-state index < -0.39 is 0 Å². The Bertz CT molecular complexity index is 423. The van der Waals surface area contributed by atoms with Gasteiger partial charge >= 0.3 is 0 Å². The third-order valence-electron chi connectivity index (χ3n) is 3.64. The highest BCUT2D eigenvalue weighted by molar-refractivity contribution is 6.30.